The SMILES string of the molecule is Cc1ccnc(NC(=O)C2CCCCC2C(=O)[O-])c1. The quantitative estimate of drug-likeness (QED) is 0.875. The summed E-state index contributed by atoms with van der Waals surface area (Å²) in [6.45, 7) is 1.90. The number of hydrogen-bond donors (Lipinski definition) is 1. The Bertz CT molecular complexity index is 487. The van der Waals surface area contributed by atoms with E-state index in [0.717, 1.165) is 18.4 Å². The molecular formula is C14H17N2O3-. The van der Waals surface area contributed by atoms with Crippen molar-refractivity contribution < 1.29 is 14.7 Å². The number of carboxylic acids is 1. The minimum absolute atomic E-state index is 0.271. The fourth-order valence-electron chi connectivity index (χ4n) is 2.55. The number of aromatic nitrogens is 1. The molecule has 1 aliphatic rings. The van der Waals surface area contributed by atoms with Crippen LogP contribution in [0.3, 0.4) is 0 Å². The number of nitrogens with zero attached hydrogens (tertiary/aromatic N) is 1. The number of aliphatic carboxylic acids is 1. The van der Waals surface area contributed by atoms with Gasteiger partial charge in [-0.3, -0.25) is 4.79 Å². The van der Waals surface area contributed by atoms with Gasteiger partial charge in [0.25, 0.3) is 0 Å². The van der Waals surface area contributed by atoms with Gasteiger partial charge in [0.05, 0.1) is 0 Å². The maximum Gasteiger partial charge on any atom is 0.229 e. The van der Waals surface area contributed by atoms with Crippen LogP contribution in [0.4, 0.5) is 5.82 Å². The molecule has 0 bridgehead atoms. The Balaban J connectivity index is 2.07. The zero-order valence-corrected chi connectivity index (χ0v) is 10.9. The molecule has 1 amide bonds. The molecule has 1 fully saturated rings. The normalized spacial score (nSPS) is 22.8. The van der Waals surface area contributed by atoms with Crippen molar-refractivity contribution in [1.29, 1.82) is 0 Å². The van der Waals surface area contributed by atoms with E-state index in [-0.39, 0.29) is 5.91 Å². The Kier molecular flexibility index (Phi) is 4.14. The molecule has 0 saturated heterocycles. The first-order valence-electron chi connectivity index (χ1n) is 6.52. The van der Waals surface area contributed by atoms with Crippen LogP contribution >= 0.6 is 0 Å². The van der Waals surface area contributed by atoms with E-state index in [2.05, 4.69) is 10.3 Å². The Morgan fingerprint density at radius 1 is 1.32 bits per heavy atom. The standard InChI is InChI=1S/C14H18N2O3/c1-9-6-7-15-12(8-9)16-13(17)10-4-2-3-5-11(10)14(18)19/h6-8,10-11H,2-5H2,1H3,(H,18,19)(H,15,16,17)/p-1. The number of amides is 1. The van der Waals surface area contributed by atoms with Crippen LogP contribution in [0, 0.1) is 18.8 Å². The third-order valence-electron chi connectivity index (χ3n) is 3.57. The van der Waals surface area contributed by atoms with Crippen LogP contribution < -0.4 is 10.4 Å². The van der Waals surface area contributed by atoms with Crippen LogP contribution in [-0.4, -0.2) is 16.9 Å². The van der Waals surface area contributed by atoms with E-state index in [1.54, 1.807) is 12.3 Å². The van der Waals surface area contributed by atoms with Crippen LogP contribution in [0.5, 0.6) is 0 Å². The Hall–Kier alpha value is -1.91. The lowest BCUT2D eigenvalue weighted by atomic mass is 9.79. The van der Waals surface area contributed by atoms with Crippen molar-refractivity contribution in [3.05, 3.63) is 23.9 Å². The highest BCUT2D eigenvalue weighted by molar-refractivity contribution is 5.94. The monoisotopic (exact) mass is 261 g/mol. The van der Waals surface area contributed by atoms with Gasteiger partial charge in [0.15, 0.2) is 0 Å². The molecule has 2 atom stereocenters. The molecule has 1 heterocycles. The summed E-state index contributed by atoms with van der Waals surface area (Å²) in [5.74, 6) is -2.13. The van der Waals surface area contributed by atoms with Gasteiger partial charge in [0.1, 0.15) is 5.82 Å². The van der Waals surface area contributed by atoms with Crippen molar-refractivity contribution in [1.82, 2.24) is 4.98 Å². The number of hydrogen-bond acceptors (Lipinski definition) is 4. The summed E-state index contributed by atoms with van der Waals surface area (Å²) in [6, 6.07) is 3.59. The number of carbonyl (C=O) groups excluding carboxylic acids is 2. The summed E-state index contributed by atoms with van der Waals surface area (Å²) >= 11 is 0. The number of rotatable bonds is 3. The highest BCUT2D eigenvalue weighted by Crippen LogP contribution is 2.30. The third-order valence-corrected chi connectivity index (χ3v) is 3.57. The Labute approximate surface area is 112 Å². The van der Waals surface area contributed by atoms with E-state index >= 15 is 0 Å². The second kappa shape index (κ2) is 5.82. The summed E-state index contributed by atoms with van der Waals surface area (Å²) in [4.78, 5) is 27.3. The second-order valence-corrected chi connectivity index (χ2v) is 5.02. The van der Waals surface area contributed by atoms with E-state index in [4.69, 9.17) is 0 Å². The molecule has 1 saturated carbocycles. The van der Waals surface area contributed by atoms with E-state index in [0.29, 0.717) is 18.7 Å². The number of carbonyl (C=O) groups is 2. The van der Waals surface area contributed by atoms with E-state index < -0.39 is 17.8 Å². The predicted molar refractivity (Wildman–Crippen MR) is 68.1 cm³/mol. The highest BCUT2D eigenvalue weighted by Gasteiger charge is 2.31. The molecule has 1 aromatic rings. The van der Waals surface area contributed by atoms with Gasteiger partial charge >= 0.3 is 0 Å². The van der Waals surface area contributed by atoms with Crippen LogP contribution in [0.25, 0.3) is 0 Å². The molecule has 1 aliphatic carbocycles. The molecule has 5 nitrogen and oxygen atoms in total. The smallest absolute Gasteiger partial charge is 0.229 e. The van der Waals surface area contributed by atoms with Gasteiger partial charge in [-0.25, -0.2) is 4.98 Å². The lowest BCUT2D eigenvalue weighted by molar-refractivity contribution is -0.313. The molecule has 1 N–H and O–H groups in total. The Morgan fingerprint density at radius 3 is 2.63 bits per heavy atom. The van der Waals surface area contributed by atoms with Crippen molar-refractivity contribution in [3.63, 3.8) is 0 Å². The summed E-state index contributed by atoms with van der Waals surface area (Å²) in [5.41, 5.74) is 0.991. The van der Waals surface area contributed by atoms with Gasteiger partial charge in [-0.05, 0) is 37.5 Å². The Morgan fingerprint density at radius 2 is 2.00 bits per heavy atom. The molecule has 2 unspecified atom stereocenters. The third kappa shape index (κ3) is 3.30. The zero-order valence-electron chi connectivity index (χ0n) is 10.9. The highest BCUT2D eigenvalue weighted by atomic mass is 16.4. The average Bonchev–Trinajstić information content (AvgIpc) is 2.38. The summed E-state index contributed by atoms with van der Waals surface area (Å²) in [5, 5.41) is 13.8. The number of carboxylic acid groups (broad SMARTS) is 1. The van der Waals surface area contributed by atoms with Gasteiger partial charge < -0.3 is 15.2 Å². The van der Waals surface area contributed by atoms with Crippen molar-refractivity contribution in [2.24, 2.45) is 11.8 Å². The molecule has 0 aromatic carbocycles. The van der Waals surface area contributed by atoms with Gasteiger partial charge in [-0.2, -0.15) is 0 Å². The summed E-state index contributed by atoms with van der Waals surface area (Å²) in [6.07, 6.45) is 4.44. The maximum atomic E-state index is 12.2. The molecule has 1 aromatic heterocycles. The van der Waals surface area contributed by atoms with Crippen LogP contribution in [0.15, 0.2) is 18.3 Å². The number of anilines is 1. The lowest BCUT2D eigenvalue weighted by Gasteiger charge is -2.31. The number of nitrogens with one attached hydrogen (secondary N) is 1. The fourth-order valence-corrected chi connectivity index (χ4v) is 2.55. The summed E-state index contributed by atoms with van der Waals surface area (Å²) < 4.78 is 0. The van der Waals surface area contributed by atoms with E-state index in [1.807, 2.05) is 13.0 Å². The van der Waals surface area contributed by atoms with Gasteiger partial charge in [0.2, 0.25) is 5.91 Å². The molecule has 5 heteroatoms. The minimum Gasteiger partial charge on any atom is -0.550 e. The topological polar surface area (TPSA) is 82.1 Å². The molecular weight excluding hydrogens is 244 g/mol. The fraction of sp³-hybridized carbons (Fsp3) is 0.500. The van der Waals surface area contributed by atoms with Crippen molar-refractivity contribution in [2.75, 3.05) is 5.32 Å². The molecule has 0 aliphatic heterocycles. The molecule has 0 spiro atoms. The zero-order chi connectivity index (χ0) is 13.8. The second-order valence-electron chi connectivity index (χ2n) is 5.02. The van der Waals surface area contributed by atoms with Crippen molar-refractivity contribution >= 4 is 17.7 Å². The van der Waals surface area contributed by atoms with E-state index in [9.17, 15) is 14.7 Å². The maximum absolute atomic E-state index is 12.2. The first kappa shape index (κ1) is 13.5. The lowest BCUT2D eigenvalue weighted by Crippen LogP contribution is -2.42. The minimum atomic E-state index is -1.13. The van der Waals surface area contributed by atoms with Gasteiger partial charge in [-0.1, -0.05) is 12.8 Å². The average molecular weight is 261 g/mol. The molecule has 102 valence electrons. The van der Waals surface area contributed by atoms with Crippen molar-refractivity contribution in [2.45, 2.75) is 32.6 Å². The predicted octanol–water partition coefficient (Wildman–Crippen LogP) is 0.885. The largest absolute Gasteiger partial charge is 0.550 e. The molecule has 0 radical (unpaired) electrons. The van der Waals surface area contributed by atoms with Gasteiger partial charge in [0, 0.05) is 24.0 Å². The molecule has 19 heavy (non-hydrogen) atoms. The van der Waals surface area contributed by atoms with E-state index in [1.165, 1.54) is 0 Å². The number of pyridine rings is 1. The number of aryl methyl sites for hydroxylation is 1. The first-order valence-corrected chi connectivity index (χ1v) is 6.52. The van der Waals surface area contributed by atoms with Crippen LogP contribution in [-0.2, 0) is 9.59 Å². The molecule has 2 rings (SSSR count). The van der Waals surface area contributed by atoms with Crippen LogP contribution in [0.2, 0.25) is 0 Å². The first-order chi connectivity index (χ1) is 9.08. The summed E-state index contributed by atoms with van der Waals surface area (Å²) in [7, 11) is 0. The van der Waals surface area contributed by atoms with Crippen molar-refractivity contribution in [3.8, 4) is 0 Å². The van der Waals surface area contributed by atoms with Gasteiger partial charge in [-0.15, -0.1) is 0 Å². The van der Waals surface area contributed by atoms with Crippen LogP contribution in [0.1, 0.15) is 31.2 Å².